The zero-order valence-electron chi connectivity index (χ0n) is 14.7. The number of hydrogen-bond acceptors (Lipinski definition) is 4. The summed E-state index contributed by atoms with van der Waals surface area (Å²) in [5.41, 5.74) is 0.908. The first-order chi connectivity index (χ1) is 13.0. The third-order valence-corrected chi connectivity index (χ3v) is 4.51. The van der Waals surface area contributed by atoms with E-state index >= 15 is 0 Å². The molecule has 3 aromatic rings. The highest BCUT2D eigenvalue weighted by Gasteiger charge is 2.30. The predicted octanol–water partition coefficient (Wildman–Crippen LogP) is 4.16. The molecule has 1 saturated carbocycles. The van der Waals surface area contributed by atoms with E-state index in [0.29, 0.717) is 28.8 Å². The first-order valence-electron chi connectivity index (χ1n) is 8.65. The Morgan fingerprint density at radius 1 is 1.22 bits per heavy atom. The fourth-order valence-corrected chi connectivity index (χ4v) is 2.88. The van der Waals surface area contributed by atoms with Crippen LogP contribution in [0.4, 0.5) is 8.78 Å². The van der Waals surface area contributed by atoms with Crippen LogP contribution in [0.3, 0.4) is 0 Å². The van der Waals surface area contributed by atoms with E-state index in [1.54, 1.807) is 31.3 Å². The summed E-state index contributed by atoms with van der Waals surface area (Å²) in [6.45, 7) is 0.202. The predicted molar refractivity (Wildman–Crippen MR) is 93.9 cm³/mol. The van der Waals surface area contributed by atoms with Gasteiger partial charge in [0.25, 0.3) is 5.91 Å². The van der Waals surface area contributed by atoms with Gasteiger partial charge in [-0.3, -0.25) is 4.79 Å². The molecule has 1 aromatic heterocycles. The fourth-order valence-electron chi connectivity index (χ4n) is 2.88. The van der Waals surface area contributed by atoms with Gasteiger partial charge in [-0.15, -0.1) is 0 Å². The van der Waals surface area contributed by atoms with Gasteiger partial charge < -0.3 is 9.42 Å². The molecule has 0 bridgehead atoms. The Morgan fingerprint density at radius 3 is 2.78 bits per heavy atom. The van der Waals surface area contributed by atoms with E-state index in [4.69, 9.17) is 4.52 Å². The van der Waals surface area contributed by atoms with Gasteiger partial charge in [-0.25, -0.2) is 8.78 Å². The number of hydrogen-bond donors (Lipinski definition) is 0. The van der Waals surface area contributed by atoms with Crippen LogP contribution in [0.25, 0.3) is 11.1 Å². The van der Waals surface area contributed by atoms with Crippen molar-refractivity contribution >= 4 is 5.91 Å². The number of nitrogens with zero attached hydrogens (tertiary/aromatic N) is 3. The number of rotatable bonds is 5. The zero-order valence-corrected chi connectivity index (χ0v) is 14.7. The summed E-state index contributed by atoms with van der Waals surface area (Å²) < 4.78 is 32.7. The van der Waals surface area contributed by atoms with Gasteiger partial charge in [0.2, 0.25) is 5.89 Å². The highest BCUT2D eigenvalue weighted by molar-refractivity contribution is 5.95. The topological polar surface area (TPSA) is 59.2 Å². The molecular weight excluding hydrogens is 352 g/mol. The van der Waals surface area contributed by atoms with Crippen molar-refractivity contribution in [3.05, 3.63) is 71.4 Å². The van der Waals surface area contributed by atoms with Crippen molar-refractivity contribution in [1.82, 2.24) is 15.0 Å². The molecule has 0 radical (unpaired) electrons. The molecule has 1 amide bonds. The molecule has 0 spiro atoms. The largest absolute Gasteiger partial charge is 0.339 e. The van der Waals surface area contributed by atoms with Crippen molar-refractivity contribution in [3.63, 3.8) is 0 Å². The summed E-state index contributed by atoms with van der Waals surface area (Å²) in [7, 11) is 1.63. The van der Waals surface area contributed by atoms with Gasteiger partial charge >= 0.3 is 0 Å². The van der Waals surface area contributed by atoms with Crippen molar-refractivity contribution in [2.45, 2.75) is 25.3 Å². The molecule has 0 aliphatic heterocycles. The molecule has 1 fully saturated rings. The first kappa shape index (κ1) is 17.3. The summed E-state index contributed by atoms with van der Waals surface area (Å²) in [4.78, 5) is 18.5. The summed E-state index contributed by atoms with van der Waals surface area (Å²) >= 11 is 0. The van der Waals surface area contributed by atoms with Crippen LogP contribution < -0.4 is 0 Å². The quantitative estimate of drug-likeness (QED) is 0.677. The van der Waals surface area contributed by atoms with Gasteiger partial charge in [0, 0.05) is 24.1 Å². The normalized spacial score (nSPS) is 13.6. The molecule has 0 saturated heterocycles. The minimum atomic E-state index is -0.935. The van der Waals surface area contributed by atoms with E-state index in [9.17, 15) is 13.6 Å². The standard InChI is InChI=1S/C20H17F2N3O2/c1-25(11-17-23-19(27-24-17)12-8-9-12)20(26)14-5-2-4-13(10-14)15-6-3-7-16(21)18(15)22/h2-7,10,12H,8-9,11H2,1H3. The van der Waals surface area contributed by atoms with E-state index in [2.05, 4.69) is 10.1 Å². The summed E-state index contributed by atoms with van der Waals surface area (Å²) in [5.74, 6) is -0.717. The SMILES string of the molecule is CN(Cc1noc(C2CC2)n1)C(=O)c1cccc(-c2cccc(F)c2F)c1. The maximum atomic E-state index is 14.0. The molecule has 2 aromatic carbocycles. The van der Waals surface area contributed by atoms with Crippen LogP contribution in [0.2, 0.25) is 0 Å². The van der Waals surface area contributed by atoms with E-state index in [0.717, 1.165) is 18.9 Å². The molecule has 4 rings (SSSR count). The third kappa shape index (κ3) is 3.58. The molecule has 138 valence electrons. The lowest BCUT2D eigenvalue weighted by Crippen LogP contribution is -2.26. The van der Waals surface area contributed by atoms with Crippen molar-refractivity contribution in [2.24, 2.45) is 0 Å². The Bertz CT molecular complexity index is 998. The second kappa shape index (κ2) is 6.90. The van der Waals surface area contributed by atoms with Crippen molar-refractivity contribution in [3.8, 4) is 11.1 Å². The number of benzene rings is 2. The van der Waals surface area contributed by atoms with Crippen LogP contribution in [-0.2, 0) is 6.54 Å². The Labute approximate surface area is 154 Å². The lowest BCUT2D eigenvalue weighted by Gasteiger charge is -2.15. The number of carbonyl (C=O) groups excluding carboxylic acids is 1. The lowest BCUT2D eigenvalue weighted by molar-refractivity contribution is 0.0780. The molecule has 27 heavy (non-hydrogen) atoms. The Kier molecular flexibility index (Phi) is 4.43. The molecular formula is C20H17F2N3O2. The molecule has 7 heteroatoms. The van der Waals surface area contributed by atoms with Crippen LogP contribution >= 0.6 is 0 Å². The number of aromatic nitrogens is 2. The number of amides is 1. The Balaban J connectivity index is 1.53. The Morgan fingerprint density at radius 2 is 2.00 bits per heavy atom. The van der Waals surface area contributed by atoms with Gasteiger partial charge in [-0.1, -0.05) is 29.4 Å². The van der Waals surface area contributed by atoms with E-state index in [1.165, 1.54) is 17.0 Å². The van der Waals surface area contributed by atoms with Gasteiger partial charge in [0.1, 0.15) is 0 Å². The van der Waals surface area contributed by atoms with Gasteiger partial charge in [0.05, 0.1) is 6.54 Å². The monoisotopic (exact) mass is 369 g/mol. The average molecular weight is 369 g/mol. The van der Waals surface area contributed by atoms with Crippen LogP contribution in [0.1, 0.15) is 40.8 Å². The molecule has 1 aliphatic carbocycles. The van der Waals surface area contributed by atoms with Crippen LogP contribution in [0.15, 0.2) is 47.0 Å². The van der Waals surface area contributed by atoms with Crippen LogP contribution in [0.5, 0.6) is 0 Å². The second-order valence-corrected chi connectivity index (χ2v) is 6.67. The molecule has 1 heterocycles. The fraction of sp³-hybridized carbons (Fsp3) is 0.250. The lowest BCUT2D eigenvalue weighted by atomic mass is 10.0. The highest BCUT2D eigenvalue weighted by Crippen LogP contribution is 2.38. The minimum Gasteiger partial charge on any atom is -0.339 e. The van der Waals surface area contributed by atoms with Crippen molar-refractivity contribution < 1.29 is 18.1 Å². The summed E-state index contributed by atoms with van der Waals surface area (Å²) in [6, 6.07) is 10.4. The maximum Gasteiger partial charge on any atom is 0.254 e. The van der Waals surface area contributed by atoms with Crippen LogP contribution in [-0.4, -0.2) is 28.0 Å². The van der Waals surface area contributed by atoms with E-state index < -0.39 is 11.6 Å². The van der Waals surface area contributed by atoms with E-state index in [1.807, 2.05) is 0 Å². The van der Waals surface area contributed by atoms with Crippen LogP contribution in [0, 0.1) is 11.6 Å². The summed E-state index contributed by atoms with van der Waals surface area (Å²) in [6.07, 6.45) is 2.11. The molecule has 1 aliphatic rings. The molecule has 5 nitrogen and oxygen atoms in total. The number of halogens is 2. The third-order valence-electron chi connectivity index (χ3n) is 4.51. The highest BCUT2D eigenvalue weighted by atomic mass is 19.2. The second-order valence-electron chi connectivity index (χ2n) is 6.67. The summed E-state index contributed by atoms with van der Waals surface area (Å²) in [5, 5.41) is 3.91. The minimum absolute atomic E-state index is 0.111. The van der Waals surface area contributed by atoms with Gasteiger partial charge in [-0.05, 0) is 36.6 Å². The maximum absolute atomic E-state index is 14.0. The van der Waals surface area contributed by atoms with Gasteiger partial charge in [-0.2, -0.15) is 4.98 Å². The number of carbonyl (C=O) groups is 1. The van der Waals surface area contributed by atoms with Gasteiger partial charge in [0.15, 0.2) is 17.5 Å². The molecule has 0 atom stereocenters. The van der Waals surface area contributed by atoms with Crippen molar-refractivity contribution in [1.29, 1.82) is 0 Å². The van der Waals surface area contributed by atoms with Crippen molar-refractivity contribution in [2.75, 3.05) is 7.05 Å². The zero-order chi connectivity index (χ0) is 19.0. The molecule has 0 unspecified atom stereocenters. The first-order valence-corrected chi connectivity index (χ1v) is 8.65. The Hall–Kier alpha value is -3.09. The van der Waals surface area contributed by atoms with E-state index in [-0.39, 0.29) is 18.0 Å². The molecule has 0 N–H and O–H groups in total. The average Bonchev–Trinajstić information content (AvgIpc) is 3.43. The smallest absolute Gasteiger partial charge is 0.254 e.